The summed E-state index contributed by atoms with van der Waals surface area (Å²) in [5, 5.41) is 0. The van der Waals surface area contributed by atoms with Gasteiger partial charge in [0, 0.05) is 18.7 Å². The van der Waals surface area contributed by atoms with E-state index in [0.717, 1.165) is 6.42 Å². The Hall–Kier alpha value is -1.11. The van der Waals surface area contributed by atoms with E-state index in [1.807, 2.05) is 20.8 Å². The molecule has 0 saturated carbocycles. The van der Waals surface area contributed by atoms with E-state index < -0.39 is 10.0 Å². The lowest BCUT2D eigenvalue weighted by Crippen LogP contribution is -2.28. The number of hydrogen-bond acceptors (Lipinski definition) is 4. The Morgan fingerprint density at radius 3 is 2.60 bits per heavy atom. The summed E-state index contributed by atoms with van der Waals surface area (Å²) in [6.45, 7) is 7.10. The Kier molecular flexibility index (Phi) is 6.45. The molecule has 0 aliphatic rings. The number of nitrogens with one attached hydrogen (secondary N) is 1. The lowest BCUT2D eigenvalue weighted by molar-refractivity contribution is 0.336. The van der Waals surface area contributed by atoms with Crippen LogP contribution in [0.3, 0.4) is 0 Å². The van der Waals surface area contributed by atoms with Crippen LogP contribution in [0.4, 0.5) is 0 Å². The first-order valence-electron chi connectivity index (χ1n) is 6.90. The number of hydrogen-bond donors (Lipinski definition) is 2. The van der Waals surface area contributed by atoms with Gasteiger partial charge >= 0.3 is 0 Å². The lowest BCUT2D eigenvalue weighted by Gasteiger charge is -2.13. The Labute approximate surface area is 121 Å². The standard InChI is InChI=1S/C14H24N2O3S/c1-4-11(3)10-16-20(17,18)13-6-7-14(19-5-2)12(8-13)9-15/h6-8,11,16H,4-5,9-10,15H2,1-3H3. The highest BCUT2D eigenvalue weighted by molar-refractivity contribution is 7.89. The van der Waals surface area contributed by atoms with Crippen molar-refractivity contribution in [1.82, 2.24) is 4.72 Å². The highest BCUT2D eigenvalue weighted by atomic mass is 32.2. The smallest absolute Gasteiger partial charge is 0.240 e. The molecule has 1 rings (SSSR count). The van der Waals surface area contributed by atoms with Gasteiger partial charge in [0.2, 0.25) is 10.0 Å². The van der Waals surface area contributed by atoms with Crippen LogP contribution < -0.4 is 15.2 Å². The molecular weight excluding hydrogens is 276 g/mol. The largest absolute Gasteiger partial charge is 0.494 e. The molecule has 0 aliphatic heterocycles. The van der Waals surface area contributed by atoms with Crippen LogP contribution in [0.15, 0.2) is 23.1 Å². The van der Waals surface area contributed by atoms with Gasteiger partial charge in [-0.2, -0.15) is 0 Å². The zero-order chi connectivity index (χ0) is 15.2. The second-order valence-corrected chi connectivity index (χ2v) is 6.54. The maximum Gasteiger partial charge on any atom is 0.240 e. The predicted molar refractivity (Wildman–Crippen MR) is 80.1 cm³/mol. The molecule has 6 heteroatoms. The minimum atomic E-state index is -3.49. The van der Waals surface area contributed by atoms with Gasteiger partial charge in [-0.1, -0.05) is 20.3 Å². The third-order valence-electron chi connectivity index (χ3n) is 3.18. The molecule has 1 aromatic rings. The number of benzene rings is 1. The first-order chi connectivity index (χ1) is 9.44. The van der Waals surface area contributed by atoms with Gasteiger partial charge in [0.15, 0.2) is 0 Å². The first-order valence-corrected chi connectivity index (χ1v) is 8.38. The first kappa shape index (κ1) is 16.9. The van der Waals surface area contributed by atoms with Gasteiger partial charge in [-0.05, 0) is 31.0 Å². The fraction of sp³-hybridized carbons (Fsp3) is 0.571. The Morgan fingerprint density at radius 1 is 1.35 bits per heavy atom. The van der Waals surface area contributed by atoms with Crippen molar-refractivity contribution in [2.45, 2.75) is 38.6 Å². The highest BCUT2D eigenvalue weighted by Crippen LogP contribution is 2.22. The van der Waals surface area contributed by atoms with Crippen LogP contribution in [0.1, 0.15) is 32.8 Å². The predicted octanol–water partition coefficient (Wildman–Crippen LogP) is 1.87. The van der Waals surface area contributed by atoms with Gasteiger partial charge in [-0.3, -0.25) is 0 Å². The van der Waals surface area contributed by atoms with E-state index >= 15 is 0 Å². The Bertz CT molecular complexity index is 529. The summed E-state index contributed by atoms with van der Waals surface area (Å²) in [5.74, 6) is 0.942. The maximum absolute atomic E-state index is 12.2. The summed E-state index contributed by atoms with van der Waals surface area (Å²) in [5.41, 5.74) is 6.33. The quantitative estimate of drug-likeness (QED) is 0.768. The summed E-state index contributed by atoms with van der Waals surface area (Å²) in [4.78, 5) is 0.227. The third kappa shape index (κ3) is 4.47. The van der Waals surface area contributed by atoms with Gasteiger partial charge in [0.1, 0.15) is 5.75 Å². The topological polar surface area (TPSA) is 81.4 Å². The van der Waals surface area contributed by atoms with Crippen molar-refractivity contribution in [3.63, 3.8) is 0 Å². The second-order valence-electron chi connectivity index (χ2n) is 4.77. The summed E-state index contributed by atoms with van der Waals surface area (Å²) in [6, 6.07) is 4.77. The summed E-state index contributed by atoms with van der Waals surface area (Å²) < 4.78 is 32.4. The molecule has 20 heavy (non-hydrogen) atoms. The fourth-order valence-corrected chi connectivity index (χ4v) is 2.87. The molecule has 1 atom stereocenters. The van der Waals surface area contributed by atoms with Crippen LogP contribution in [-0.4, -0.2) is 21.6 Å². The van der Waals surface area contributed by atoms with Crippen molar-refractivity contribution in [1.29, 1.82) is 0 Å². The van der Waals surface area contributed by atoms with Crippen molar-refractivity contribution in [2.75, 3.05) is 13.2 Å². The van der Waals surface area contributed by atoms with E-state index in [1.165, 1.54) is 0 Å². The number of nitrogens with two attached hydrogens (primary N) is 1. The van der Waals surface area contributed by atoms with E-state index in [-0.39, 0.29) is 11.4 Å². The molecular formula is C14H24N2O3S. The Balaban J connectivity index is 2.95. The molecule has 1 aromatic carbocycles. The van der Waals surface area contributed by atoms with Gasteiger partial charge in [0.25, 0.3) is 0 Å². The van der Waals surface area contributed by atoms with E-state index in [2.05, 4.69) is 4.72 Å². The molecule has 3 N–H and O–H groups in total. The lowest BCUT2D eigenvalue weighted by atomic mass is 10.1. The summed E-state index contributed by atoms with van der Waals surface area (Å²) in [6.07, 6.45) is 0.930. The SMILES string of the molecule is CCOc1ccc(S(=O)(=O)NCC(C)CC)cc1CN. The molecule has 0 amide bonds. The minimum absolute atomic E-state index is 0.227. The van der Waals surface area contributed by atoms with Crippen molar-refractivity contribution in [3.05, 3.63) is 23.8 Å². The van der Waals surface area contributed by atoms with Gasteiger partial charge in [-0.15, -0.1) is 0 Å². The van der Waals surface area contributed by atoms with Gasteiger partial charge in [-0.25, -0.2) is 13.1 Å². The molecule has 0 heterocycles. The number of ether oxygens (including phenoxy) is 1. The minimum Gasteiger partial charge on any atom is -0.494 e. The van der Waals surface area contributed by atoms with E-state index in [4.69, 9.17) is 10.5 Å². The fourth-order valence-electron chi connectivity index (χ4n) is 1.66. The van der Waals surface area contributed by atoms with Crippen molar-refractivity contribution < 1.29 is 13.2 Å². The molecule has 0 spiro atoms. The molecule has 0 fully saturated rings. The normalized spacial score (nSPS) is 13.2. The van der Waals surface area contributed by atoms with Crippen LogP contribution in [0.25, 0.3) is 0 Å². The number of rotatable bonds is 8. The zero-order valence-corrected chi connectivity index (χ0v) is 13.2. The van der Waals surface area contributed by atoms with Crippen LogP contribution in [0.5, 0.6) is 5.75 Å². The average molecular weight is 300 g/mol. The molecule has 0 bridgehead atoms. The van der Waals surface area contributed by atoms with Crippen LogP contribution in [0, 0.1) is 5.92 Å². The van der Waals surface area contributed by atoms with E-state index in [0.29, 0.717) is 30.4 Å². The third-order valence-corrected chi connectivity index (χ3v) is 4.60. The Morgan fingerprint density at radius 2 is 2.05 bits per heavy atom. The van der Waals surface area contributed by atoms with Crippen LogP contribution in [0.2, 0.25) is 0 Å². The highest BCUT2D eigenvalue weighted by Gasteiger charge is 2.16. The molecule has 0 radical (unpaired) electrons. The molecule has 114 valence electrons. The maximum atomic E-state index is 12.2. The van der Waals surface area contributed by atoms with Crippen molar-refractivity contribution in [3.8, 4) is 5.75 Å². The van der Waals surface area contributed by atoms with Gasteiger partial charge in [0.05, 0.1) is 11.5 Å². The molecule has 1 unspecified atom stereocenters. The molecule has 0 aliphatic carbocycles. The van der Waals surface area contributed by atoms with E-state index in [9.17, 15) is 8.42 Å². The number of sulfonamides is 1. The monoisotopic (exact) mass is 300 g/mol. The molecule has 5 nitrogen and oxygen atoms in total. The molecule has 0 saturated heterocycles. The second kappa shape index (κ2) is 7.61. The van der Waals surface area contributed by atoms with Crippen LogP contribution in [-0.2, 0) is 16.6 Å². The summed E-state index contributed by atoms with van der Waals surface area (Å²) >= 11 is 0. The van der Waals surface area contributed by atoms with Crippen molar-refractivity contribution >= 4 is 10.0 Å². The van der Waals surface area contributed by atoms with E-state index in [1.54, 1.807) is 18.2 Å². The average Bonchev–Trinajstić information content (AvgIpc) is 2.45. The van der Waals surface area contributed by atoms with Gasteiger partial charge < -0.3 is 10.5 Å². The summed E-state index contributed by atoms with van der Waals surface area (Å²) in [7, 11) is -3.49. The van der Waals surface area contributed by atoms with Crippen LogP contribution >= 0.6 is 0 Å². The van der Waals surface area contributed by atoms with Crippen molar-refractivity contribution in [2.24, 2.45) is 11.7 Å². The molecule has 0 aromatic heterocycles. The zero-order valence-electron chi connectivity index (χ0n) is 12.3.